The third-order valence-electron chi connectivity index (χ3n) is 5.71. The van der Waals surface area contributed by atoms with E-state index >= 15 is 0 Å². The molecule has 4 aromatic rings. The minimum absolute atomic E-state index is 0.0402. The molecule has 0 radical (unpaired) electrons. The number of halogens is 1. The van der Waals surface area contributed by atoms with Gasteiger partial charge in [-0.05, 0) is 81.3 Å². The lowest BCUT2D eigenvalue weighted by atomic mass is 10.1. The summed E-state index contributed by atoms with van der Waals surface area (Å²) < 4.78 is 4.19. The Hall–Kier alpha value is -3.05. The number of aromatic nitrogens is 3. The van der Waals surface area contributed by atoms with Crippen molar-refractivity contribution in [2.24, 2.45) is 0 Å². The summed E-state index contributed by atoms with van der Waals surface area (Å²) in [5.41, 5.74) is 6.82. The minimum atomic E-state index is -0.0402. The number of para-hydroxylation sites is 1. The molecular weight excluding hydrogens is 408 g/mol. The van der Waals surface area contributed by atoms with Gasteiger partial charge in [0.15, 0.2) is 0 Å². The van der Waals surface area contributed by atoms with Crippen LogP contribution in [0.4, 0.5) is 0 Å². The Bertz CT molecular complexity index is 1250. The first kappa shape index (κ1) is 21.2. The summed E-state index contributed by atoms with van der Waals surface area (Å²) in [6.45, 7) is 8.84. The van der Waals surface area contributed by atoms with Gasteiger partial charge in [0.1, 0.15) is 0 Å². The van der Waals surface area contributed by atoms with Crippen molar-refractivity contribution < 1.29 is 4.79 Å². The van der Waals surface area contributed by atoms with Crippen LogP contribution in [0.5, 0.6) is 0 Å². The van der Waals surface area contributed by atoms with Gasteiger partial charge in [0.05, 0.1) is 11.0 Å². The quantitative estimate of drug-likeness (QED) is 0.389. The molecule has 0 aliphatic carbocycles. The zero-order chi connectivity index (χ0) is 22.3. The van der Waals surface area contributed by atoms with Gasteiger partial charge in [0, 0.05) is 42.3 Å². The molecule has 0 spiro atoms. The predicted molar refractivity (Wildman–Crippen MR) is 126 cm³/mol. The summed E-state index contributed by atoms with van der Waals surface area (Å²) in [6, 6.07) is 18.2. The number of fused-ring (bicyclic) bond motifs is 1. The molecule has 2 aromatic heterocycles. The smallest absolute Gasteiger partial charge is 0.253 e. The van der Waals surface area contributed by atoms with E-state index in [1.165, 1.54) is 0 Å². The van der Waals surface area contributed by atoms with Crippen molar-refractivity contribution >= 4 is 28.5 Å². The first-order valence-electron chi connectivity index (χ1n) is 10.4. The van der Waals surface area contributed by atoms with Crippen LogP contribution in [0, 0.1) is 13.8 Å². The van der Waals surface area contributed by atoms with Crippen LogP contribution in [0.1, 0.15) is 47.2 Å². The normalized spacial score (nSPS) is 11.5. The fraction of sp³-hybridized carbons (Fsp3) is 0.280. The first-order valence-corrected chi connectivity index (χ1v) is 10.8. The molecular formula is C25H27ClN4O. The van der Waals surface area contributed by atoms with Crippen molar-refractivity contribution in [1.29, 1.82) is 0 Å². The van der Waals surface area contributed by atoms with Crippen molar-refractivity contribution in [2.75, 3.05) is 7.05 Å². The molecule has 0 saturated heterocycles. The number of imidazole rings is 1. The van der Waals surface area contributed by atoms with Crippen molar-refractivity contribution in [2.45, 2.75) is 40.3 Å². The maximum Gasteiger partial charge on any atom is 0.253 e. The Kier molecular flexibility index (Phi) is 5.63. The zero-order valence-corrected chi connectivity index (χ0v) is 19.3. The molecule has 2 heterocycles. The molecule has 0 aliphatic heterocycles. The third kappa shape index (κ3) is 3.86. The third-order valence-corrected chi connectivity index (χ3v) is 5.98. The fourth-order valence-corrected chi connectivity index (χ4v) is 4.58. The predicted octanol–water partition coefficient (Wildman–Crippen LogP) is 5.95. The van der Waals surface area contributed by atoms with E-state index in [1.807, 2.05) is 48.0 Å². The number of carbonyl (C=O) groups excluding carboxylic acids is 1. The number of amides is 1. The highest BCUT2D eigenvalue weighted by molar-refractivity contribution is 6.29. The molecule has 31 heavy (non-hydrogen) atoms. The molecule has 0 atom stereocenters. The molecule has 0 unspecified atom stereocenters. The van der Waals surface area contributed by atoms with Crippen LogP contribution in [0.2, 0.25) is 5.28 Å². The van der Waals surface area contributed by atoms with Gasteiger partial charge in [-0.15, -0.1) is 0 Å². The van der Waals surface area contributed by atoms with E-state index in [-0.39, 0.29) is 11.9 Å². The molecule has 0 fully saturated rings. The van der Waals surface area contributed by atoms with Crippen LogP contribution < -0.4 is 0 Å². The SMILES string of the molecule is Cc1cc(CN(C)C(=O)c2ccc3c(c2)nc(Cl)n3C(C)C)c(C)n1-c1ccccc1. The minimum Gasteiger partial charge on any atom is -0.337 e. The van der Waals surface area contributed by atoms with Crippen LogP contribution in [0.15, 0.2) is 54.6 Å². The lowest BCUT2D eigenvalue weighted by Crippen LogP contribution is -2.26. The average Bonchev–Trinajstić information content (AvgIpc) is 3.22. The van der Waals surface area contributed by atoms with Crippen molar-refractivity contribution in [3.05, 3.63) is 82.4 Å². The highest BCUT2D eigenvalue weighted by atomic mass is 35.5. The first-order chi connectivity index (χ1) is 14.8. The van der Waals surface area contributed by atoms with E-state index in [1.54, 1.807) is 4.90 Å². The van der Waals surface area contributed by atoms with Gasteiger partial charge in [-0.25, -0.2) is 4.98 Å². The molecule has 1 amide bonds. The Labute approximate surface area is 187 Å². The molecule has 2 aromatic carbocycles. The number of benzene rings is 2. The van der Waals surface area contributed by atoms with Crippen LogP contribution in [-0.2, 0) is 6.54 Å². The largest absolute Gasteiger partial charge is 0.337 e. The second-order valence-corrected chi connectivity index (χ2v) is 8.61. The zero-order valence-electron chi connectivity index (χ0n) is 18.6. The Morgan fingerprint density at radius 3 is 2.48 bits per heavy atom. The van der Waals surface area contributed by atoms with Gasteiger partial charge >= 0.3 is 0 Å². The van der Waals surface area contributed by atoms with E-state index in [0.717, 1.165) is 33.7 Å². The summed E-state index contributed by atoms with van der Waals surface area (Å²) in [5, 5.41) is 0.441. The van der Waals surface area contributed by atoms with Gasteiger partial charge in [0.25, 0.3) is 5.91 Å². The van der Waals surface area contributed by atoms with E-state index in [4.69, 9.17) is 11.6 Å². The molecule has 0 N–H and O–H groups in total. The summed E-state index contributed by atoms with van der Waals surface area (Å²) in [5.74, 6) is -0.0402. The number of aryl methyl sites for hydroxylation is 1. The van der Waals surface area contributed by atoms with Crippen molar-refractivity contribution in [1.82, 2.24) is 19.0 Å². The maximum absolute atomic E-state index is 13.1. The molecule has 0 saturated carbocycles. The number of hydrogen-bond donors (Lipinski definition) is 0. The van der Waals surface area contributed by atoms with Gasteiger partial charge in [-0.2, -0.15) is 0 Å². The van der Waals surface area contributed by atoms with Crippen molar-refractivity contribution in [3.63, 3.8) is 0 Å². The van der Waals surface area contributed by atoms with E-state index in [0.29, 0.717) is 17.4 Å². The van der Waals surface area contributed by atoms with E-state index < -0.39 is 0 Å². The molecule has 6 heteroatoms. The van der Waals surface area contributed by atoms with Crippen LogP contribution in [0.3, 0.4) is 0 Å². The van der Waals surface area contributed by atoms with Gasteiger partial charge < -0.3 is 14.0 Å². The number of nitrogens with zero attached hydrogens (tertiary/aromatic N) is 4. The molecule has 0 aliphatic rings. The average molecular weight is 435 g/mol. The Morgan fingerprint density at radius 2 is 1.81 bits per heavy atom. The number of rotatable bonds is 5. The second kappa shape index (κ2) is 8.23. The van der Waals surface area contributed by atoms with Crippen LogP contribution in [-0.4, -0.2) is 32.0 Å². The maximum atomic E-state index is 13.1. The molecule has 4 rings (SSSR count). The molecule has 0 bridgehead atoms. The monoisotopic (exact) mass is 434 g/mol. The Balaban J connectivity index is 1.60. The molecule has 5 nitrogen and oxygen atoms in total. The highest BCUT2D eigenvalue weighted by Gasteiger charge is 2.19. The fourth-order valence-electron chi connectivity index (χ4n) is 4.21. The Morgan fingerprint density at radius 1 is 1.10 bits per heavy atom. The summed E-state index contributed by atoms with van der Waals surface area (Å²) in [6.07, 6.45) is 0. The van der Waals surface area contributed by atoms with Crippen molar-refractivity contribution in [3.8, 4) is 5.69 Å². The summed E-state index contributed by atoms with van der Waals surface area (Å²) >= 11 is 6.30. The highest BCUT2D eigenvalue weighted by Crippen LogP contribution is 2.26. The lowest BCUT2D eigenvalue weighted by molar-refractivity contribution is 0.0785. The second-order valence-electron chi connectivity index (χ2n) is 8.28. The van der Waals surface area contributed by atoms with Crippen LogP contribution >= 0.6 is 11.6 Å². The van der Waals surface area contributed by atoms with Gasteiger partial charge in [0.2, 0.25) is 5.28 Å². The summed E-state index contributed by atoms with van der Waals surface area (Å²) in [7, 11) is 1.83. The van der Waals surface area contributed by atoms with E-state index in [9.17, 15) is 4.79 Å². The van der Waals surface area contributed by atoms with Gasteiger partial charge in [-0.3, -0.25) is 4.79 Å². The van der Waals surface area contributed by atoms with Crippen LogP contribution in [0.25, 0.3) is 16.7 Å². The van der Waals surface area contributed by atoms with Gasteiger partial charge in [-0.1, -0.05) is 18.2 Å². The lowest BCUT2D eigenvalue weighted by Gasteiger charge is -2.18. The van der Waals surface area contributed by atoms with E-state index in [2.05, 4.69) is 55.4 Å². The number of carbonyl (C=O) groups is 1. The number of hydrogen-bond acceptors (Lipinski definition) is 2. The molecule has 160 valence electrons. The topological polar surface area (TPSA) is 43.1 Å². The standard InChI is InChI=1S/C25H27ClN4O/c1-16(2)29-23-12-11-19(14-22(23)27-25(29)26)24(31)28(5)15-20-13-17(3)30(18(20)4)21-9-7-6-8-10-21/h6-14,16H,15H2,1-5H3. The summed E-state index contributed by atoms with van der Waals surface area (Å²) in [4.78, 5) is 19.3.